The first-order chi connectivity index (χ1) is 8.47. The average molecular weight is 327 g/mol. The van der Waals surface area contributed by atoms with E-state index in [1.54, 1.807) is 6.07 Å². The molecule has 0 radical (unpaired) electrons. The highest BCUT2D eigenvalue weighted by atomic mass is 79.9. The lowest BCUT2D eigenvalue weighted by atomic mass is 10.1. The minimum atomic E-state index is 0.306. The van der Waals surface area contributed by atoms with Crippen LogP contribution in [0.15, 0.2) is 28.7 Å². The summed E-state index contributed by atoms with van der Waals surface area (Å²) in [6, 6.07) is 7.31. The van der Waals surface area contributed by atoms with Gasteiger partial charge in [-0.1, -0.05) is 25.4 Å². The van der Waals surface area contributed by atoms with Crippen LogP contribution >= 0.6 is 27.5 Å². The number of aromatic nitrogens is 2. The average Bonchev–Trinajstić information content (AvgIpc) is 2.27. The van der Waals surface area contributed by atoms with Crippen molar-refractivity contribution in [2.45, 2.75) is 19.8 Å². The van der Waals surface area contributed by atoms with Crippen molar-refractivity contribution >= 4 is 33.3 Å². The molecule has 2 rings (SSSR count). The normalized spacial score (nSPS) is 10.9. The molecule has 18 heavy (non-hydrogen) atoms. The fraction of sp³-hybridized carbons (Fsp3) is 0.231. The molecule has 0 atom stereocenters. The smallest absolute Gasteiger partial charge is 0.162 e. The molecule has 0 saturated carbocycles. The summed E-state index contributed by atoms with van der Waals surface area (Å²) in [6.45, 7) is 4.14. The monoisotopic (exact) mass is 325 g/mol. The third-order valence-electron chi connectivity index (χ3n) is 2.53. The van der Waals surface area contributed by atoms with Gasteiger partial charge in [-0.15, -0.1) is 0 Å². The Hall–Kier alpha value is -1.13. The van der Waals surface area contributed by atoms with Crippen LogP contribution in [0.25, 0.3) is 11.4 Å². The van der Waals surface area contributed by atoms with Crippen molar-refractivity contribution < 1.29 is 0 Å². The van der Waals surface area contributed by atoms with E-state index in [2.05, 4.69) is 39.7 Å². The summed E-state index contributed by atoms with van der Waals surface area (Å²) in [7, 11) is 0. The van der Waals surface area contributed by atoms with Gasteiger partial charge in [0.05, 0.1) is 0 Å². The van der Waals surface area contributed by atoms with Crippen molar-refractivity contribution in [3.8, 4) is 11.4 Å². The Balaban J connectivity index is 2.56. The quantitative estimate of drug-likeness (QED) is 0.897. The van der Waals surface area contributed by atoms with E-state index in [1.807, 2.05) is 18.2 Å². The van der Waals surface area contributed by atoms with Crippen LogP contribution in [0.2, 0.25) is 5.02 Å². The molecule has 0 spiro atoms. The molecule has 0 saturated heterocycles. The standard InChI is InChI=1S/C13H13BrClN3/c1-7(2)11-6-12(16)18-13(17-11)9-4-3-8(15)5-10(9)14/h3-7H,1-2H3,(H2,16,17,18). The van der Waals surface area contributed by atoms with Gasteiger partial charge >= 0.3 is 0 Å². The summed E-state index contributed by atoms with van der Waals surface area (Å²) in [6.07, 6.45) is 0. The molecular weight excluding hydrogens is 314 g/mol. The molecule has 1 heterocycles. The van der Waals surface area contributed by atoms with Gasteiger partial charge in [0.25, 0.3) is 0 Å². The SMILES string of the molecule is CC(C)c1cc(N)nc(-c2ccc(Cl)cc2Br)n1. The van der Waals surface area contributed by atoms with Crippen LogP contribution in [-0.4, -0.2) is 9.97 Å². The molecule has 2 aromatic rings. The summed E-state index contributed by atoms with van der Waals surface area (Å²) in [5, 5.41) is 0.665. The number of hydrogen-bond donors (Lipinski definition) is 1. The first-order valence-corrected chi connectivity index (χ1v) is 6.74. The maximum absolute atomic E-state index is 5.92. The molecule has 0 aliphatic heterocycles. The van der Waals surface area contributed by atoms with Crippen molar-refractivity contribution in [1.29, 1.82) is 0 Å². The molecule has 2 N–H and O–H groups in total. The molecular formula is C13H13BrClN3. The molecule has 1 aromatic heterocycles. The second-order valence-electron chi connectivity index (χ2n) is 4.32. The van der Waals surface area contributed by atoms with Gasteiger partial charge in [0.1, 0.15) is 5.82 Å². The number of halogens is 2. The molecule has 0 aliphatic carbocycles. The van der Waals surface area contributed by atoms with E-state index in [9.17, 15) is 0 Å². The largest absolute Gasteiger partial charge is 0.384 e. The van der Waals surface area contributed by atoms with Crippen LogP contribution in [0.3, 0.4) is 0 Å². The summed E-state index contributed by atoms with van der Waals surface area (Å²) in [5.41, 5.74) is 7.63. The number of benzene rings is 1. The minimum absolute atomic E-state index is 0.306. The molecule has 94 valence electrons. The van der Waals surface area contributed by atoms with Gasteiger partial charge in [0.2, 0.25) is 0 Å². The summed E-state index contributed by atoms with van der Waals surface area (Å²) in [5.74, 6) is 1.40. The van der Waals surface area contributed by atoms with E-state index in [4.69, 9.17) is 17.3 Å². The Morgan fingerprint density at radius 1 is 1.22 bits per heavy atom. The highest BCUT2D eigenvalue weighted by Crippen LogP contribution is 2.29. The zero-order chi connectivity index (χ0) is 13.3. The van der Waals surface area contributed by atoms with Crippen LogP contribution in [0.4, 0.5) is 5.82 Å². The lowest BCUT2D eigenvalue weighted by Gasteiger charge is -2.09. The third-order valence-corrected chi connectivity index (χ3v) is 3.42. The lowest BCUT2D eigenvalue weighted by molar-refractivity contribution is 0.818. The number of hydrogen-bond acceptors (Lipinski definition) is 3. The van der Waals surface area contributed by atoms with Crippen LogP contribution in [0.1, 0.15) is 25.5 Å². The Morgan fingerprint density at radius 2 is 1.94 bits per heavy atom. The van der Waals surface area contributed by atoms with Gasteiger partial charge in [-0.2, -0.15) is 0 Å². The minimum Gasteiger partial charge on any atom is -0.384 e. The van der Waals surface area contributed by atoms with Gasteiger partial charge in [0.15, 0.2) is 5.82 Å². The van der Waals surface area contributed by atoms with Crippen molar-refractivity contribution in [2.24, 2.45) is 0 Å². The van der Waals surface area contributed by atoms with E-state index in [-0.39, 0.29) is 0 Å². The number of nitrogens with two attached hydrogens (primary N) is 1. The third kappa shape index (κ3) is 2.82. The summed E-state index contributed by atoms with van der Waals surface area (Å²) >= 11 is 9.39. The zero-order valence-electron chi connectivity index (χ0n) is 10.1. The number of nitrogen functional groups attached to an aromatic ring is 1. The van der Waals surface area contributed by atoms with Crippen LogP contribution in [0.5, 0.6) is 0 Å². The second-order valence-corrected chi connectivity index (χ2v) is 5.61. The molecule has 0 fully saturated rings. The van der Waals surface area contributed by atoms with Gasteiger partial charge in [-0.3, -0.25) is 0 Å². The number of rotatable bonds is 2. The van der Waals surface area contributed by atoms with E-state index < -0.39 is 0 Å². The molecule has 0 aliphatic rings. The molecule has 0 amide bonds. The van der Waals surface area contributed by atoms with Crippen molar-refractivity contribution in [2.75, 3.05) is 5.73 Å². The fourth-order valence-electron chi connectivity index (χ4n) is 1.57. The number of nitrogens with zero attached hydrogens (tertiary/aromatic N) is 2. The van der Waals surface area contributed by atoms with E-state index in [1.165, 1.54) is 0 Å². The Bertz CT molecular complexity index is 584. The molecule has 1 aromatic carbocycles. The molecule has 3 nitrogen and oxygen atoms in total. The second kappa shape index (κ2) is 5.24. The highest BCUT2D eigenvalue weighted by molar-refractivity contribution is 9.10. The van der Waals surface area contributed by atoms with Crippen LogP contribution in [0, 0.1) is 0 Å². The van der Waals surface area contributed by atoms with Gasteiger partial charge in [0, 0.05) is 26.8 Å². The fourth-order valence-corrected chi connectivity index (χ4v) is 2.43. The topological polar surface area (TPSA) is 51.8 Å². The van der Waals surface area contributed by atoms with Crippen LogP contribution < -0.4 is 5.73 Å². The van der Waals surface area contributed by atoms with Crippen LogP contribution in [-0.2, 0) is 0 Å². The van der Waals surface area contributed by atoms with Crippen molar-refractivity contribution in [3.05, 3.63) is 39.5 Å². The van der Waals surface area contributed by atoms with Gasteiger partial charge in [-0.05, 0) is 40.0 Å². The van der Waals surface area contributed by atoms with Gasteiger partial charge in [-0.25, -0.2) is 9.97 Å². The molecule has 5 heteroatoms. The molecule has 0 bridgehead atoms. The predicted octanol–water partition coefficient (Wildman–Crippen LogP) is 4.27. The predicted molar refractivity (Wildman–Crippen MR) is 78.7 cm³/mol. The van der Waals surface area contributed by atoms with Crippen molar-refractivity contribution in [3.63, 3.8) is 0 Å². The van der Waals surface area contributed by atoms with E-state index >= 15 is 0 Å². The first-order valence-electron chi connectivity index (χ1n) is 5.57. The highest BCUT2D eigenvalue weighted by Gasteiger charge is 2.11. The van der Waals surface area contributed by atoms with E-state index in [0.717, 1.165) is 15.7 Å². The number of anilines is 1. The zero-order valence-corrected chi connectivity index (χ0v) is 12.5. The van der Waals surface area contributed by atoms with Crippen molar-refractivity contribution in [1.82, 2.24) is 9.97 Å². The maximum atomic E-state index is 5.92. The summed E-state index contributed by atoms with van der Waals surface area (Å²) < 4.78 is 0.857. The molecule has 0 unspecified atom stereocenters. The summed E-state index contributed by atoms with van der Waals surface area (Å²) in [4.78, 5) is 8.80. The maximum Gasteiger partial charge on any atom is 0.162 e. The lowest BCUT2D eigenvalue weighted by Crippen LogP contribution is -2.02. The first kappa shape index (κ1) is 13.3. The van der Waals surface area contributed by atoms with Gasteiger partial charge < -0.3 is 5.73 Å². The Labute approximate surface area is 120 Å². The van der Waals surface area contributed by atoms with E-state index in [0.29, 0.717) is 22.6 Å². The Kier molecular flexibility index (Phi) is 3.88. The Morgan fingerprint density at radius 3 is 2.56 bits per heavy atom.